The molecule has 2 aromatic rings. The molecule has 172 valence electrons. The number of benzene rings is 2. The van der Waals surface area contributed by atoms with Gasteiger partial charge in [0.25, 0.3) is 0 Å². The van der Waals surface area contributed by atoms with Crippen LogP contribution in [-0.4, -0.2) is 40.8 Å². The lowest BCUT2D eigenvalue weighted by Crippen LogP contribution is -2.18. The molecule has 0 heterocycles. The van der Waals surface area contributed by atoms with Crippen LogP contribution < -0.4 is 9.47 Å². The summed E-state index contributed by atoms with van der Waals surface area (Å²) in [5.41, 5.74) is 1.29. The first-order valence-electron chi connectivity index (χ1n) is 10.0. The molecule has 33 heavy (non-hydrogen) atoms. The Morgan fingerprint density at radius 1 is 0.909 bits per heavy atom. The Morgan fingerprint density at radius 2 is 1.48 bits per heavy atom. The Bertz CT molecular complexity index is 1080. The number of carboxylic acid groups (broad SMARTS) is 1. The van der Waals surface area contributed by atoms with Gasteiger partial charge in [0, 0.05) is 0 Å². The Labute approximate surface area is 190 Å². The van der Waals surface area contributed by atoms with E-state index in [1.807, 2.05) is 0 Å². The van der Waals surface area contributed by atoms with Crippen molar-refractivity contribution in [3.8, 4) is 17.2 Å². The SMILES string of the molecule is COc1cc(C=CC(=O)CC(=O)C=Cc2ccc(O)cc2)ccc1OC(=O)CC(C)C(=O)O. The van der Waals surface area contributed by atoms with Crippen LogP contribution in [0.2, 0.25) is 0 Å². The van der Waals surface area contributed by atoms with Crippen molar-refractivity contribution >= 4 is 35.7 Å². The Hall–Kier alpha value is -4.20. The summed E-state index contributed by atoms with van der Waals surface area (Å²) in [7, 11) is 1.38. The van der Waals surface area contributed by atoms with E-state index < -0.39 is 23.6 Å². The predicted octanol–water partition coefficient (Wildman–Crippen LogP) is 3.67. The Balaban J connectivity index is 1.95. The van der Waals surface area contributed by atoms with Gasteiger partial charge in [0.05, 0.1) is 25.9 Å². The number of esters is 1. The number of carbonyl (C=O) groups is 4. The molecule has 0 aliphatic heterocycles. The highest BCUT2D eigenvalue weighted by molar-refractivity contribution is 6.10. The van der Waals surface area contributed by atoms with Crippen molar-refractivity contribution in [1.82, 2.24) is 0 Å². The molecule has 2 rings (SSSR count). The van der Waals surface area contributed by atoms with Crippen molar-refractivity contribution in [2.45, 2.75) is 19.8 Å². The number of hydrogen-bond acceptors (Lipinski definition) is 7. The van der Waals surface area contributed by atoms with Gasteiger partial charge in [-0.05, 0) is 47.5 Å². The van der Waals surface area contributed by atoms with Crippen LogP contribution in [0.5, 0.6) is 17.2 Å². The summed E-state index contributed by atoms with van der Waals surface area (Å²) < 4.78 is 10.4. The molecule has 0 amide bonds. The van der Waals surface area contributed by atoms with Gasteiger partial charge in [0.2, 0.25) is 0 Å². The van der Waals surface area contributed by atoms with E-state index in [1.54, 1.807) is 30.3 Å². The number of ether oxygens (including phenoxy) is 2. The van der Waals surface area contributed by atoms with Crippen LogP contribution in [0.1, 0.15) is 30.9 Å². The zero-order valence-corrected chi connectivity index (χ0v) is 18.2. The molecular weight excluding hydrogens is 428 g/mol. The van der Waals surface area contributed by atoms with E-state index in [9.17, 15) is 24.3 Å². The molecule has 2 N–H and O–H groups in total. The minimum Gasteiger partial charge on any atom is -0.508 e. The number of aromatic hydroxyl groups is 1. The fraction of sp³-hybridized carbons (Fsp3) is 0.200. The predicted molar refractivity (Wildman–Crippen MR) is 121 cm³/mol. The van der Waals surface area contributed by atoms with Crippen LogP contribution in [0.4, 0.5) is 0 Å². The second kappa shape index (κ2) is 12.0. The van der Waals surface area contributed by atoms with Gasteiger partial charge in [-0.2, -0.15) is 0 Å². The summed E-state index contributed by atoms with van der Waals surface area (Å²) in [6.45, 7) is 1.40. The minimum atomic E-state index is -1.10. The van der Waals surface area contributed by atoms with Gasteiger partial charge in [-0.15, -0.1) is 0 Å². The lowest BCUT2D eigenvalue weighted by molar-refractivity contribution is -0.146. The molecule has 0 fully saturated rings. The number of phenolic OH excluding ortho intramolecular Hbond substituents is 1. The molecule has 0 radical (unpaired) electrons. The highest BCUT2D eigenvalue weighted by Crippen LogP contribution is 2.29. The summed E-state index contributed by atoms with van der Waals surface area (Å²) in [6, 6.07) is 10.9. The maximum absolute atomic E-state index is 12.1. The van der Waals surface area contributed by atoms with Crippen molar-refractivity contribution < 1.29 is 38.9 Å². The summed E-state index contributed by atoms with van der Waals surface area (Å²) in [5, 5.41) is 18.1. The molecular formula is C25H24O8. The first-order valence-corrected chi connectivity index (χ1v) is 10.0. The van der Waals surface area contributed by atoms with Gasteiger partial charge < -0.3 is 19.7 Å². The topological polar surface area (TPSA) is 127 Å². The van der Waals surface area contributed by atoms with Crippen LogP contribution in [0.15, 0.2) is 54.6 Å². The van der Waals surface area contributed by atoms with Crippen molar-refractivity contribution in [3.63, 3.8) is 0 Å². The molecule has 8 nitrogen and oxygen atoms in total. The zero-order chi connectivity index (χ0) is 24.4. The van der Waals surface area contributed by atoms with Gasteiger partial charge in [-0.1, -0.05) is 37.3 Å². The number of carboxylic acids is 1. The summed E-state index contributed by atoms with van der Waals surface area (Å²) in [4.78, 5) is 46.8. The largest absolute Gasteiger partial charge is 0.508 e. The van der Waals surface area contributed by atoms with Crippen molar-refractivity contribution in [1.29, 1.82) is 0 Å². The van der Waals surface area contributed by atoms with E-state index in [1.165, 1.54) is 50.5 Å². The first-order chi connectivity index (χ1) is 15.7. The number of aliphatic carboxylic acids is 1. The molecule has 8 heteroatoms. The number of ketones is 2. The molecule has 0 saturated carbocycles. The van der Waals surface area contributed by atoms with Gasteiger partial charge in [0.1, 0.15) is 5.75 Å². The van der Waals surface area contributed by atoms with Gasteiger partial charge in [0.15, 0.2) is 23.1 Å². The minimum absolute atomic E-state index is 0.120. The maximum Gasteiger partial charge on any atom is 0.312 e. The zero-order valence-electron chi connectivity index (χ0n) is 18.2. The molecule has 1 atom stereocenters. The second-order valence-electron chi connectivity index (χ2n) is 7.20. The number of rotatable bonds is 11. The number of methoxy groups -OCH3 is 1. The number of allylic oxidation sites excluding steroid dienone is 2. The van der Waals surface area contributed by atoms with Crippen LogP contribution in [0, 0.1) is 5.92 Å². The smallest absolute Gasteiger partial charge is 0.312 e. The highest BCUT2D eigenvalue weighted by Gasteiger charge is 2.18. The van der Waals surface area contributed by atoms with Gasteiger partial charge >= 0.3 is 11.9 Å². The molecule has 0 saturated heterocycles. The normalized spacial score (nSPS) is 11.9. The third kappa shape index (κ3) is 8.45. The number of phenols is 1. The molecule has 2 aromatic carbocycles. The molecule has 0 aromatic heterocycles. The van der Waals surface area contributed by atoms with E-state index in [-0.39, 0.29) is 35.9 Å². The fourth-order valence-electron chi connectivity index (χ4n) is 2.63. The third-order valence-corrected chi connectivity index (χ3v) is 4.47. The van der Waals surface area contributed by atoms with Crippen LogP contribution in [0.25, 0.3) is 12.2 Å². The number of carbonyl (C=O) groups excluding carboxylic acids is 3. The van der Waals surface area contributed by atoms with E-state index in [0.29, 0.717) is 5.56 Å². The average molecular weight is 452 g/mol. The quantitative estimate of drug-likeness (QED) is 0.229. The Kier molecular flexibility index (Phi) is 9.11. The standard InChI is InChI=1S/C25H24O8/c1-16(25(30)31)13-24(29)33-22-12-7-18(14-23(22)32-2)6-11-21(28)15-20(27)10-5-17-3-8-19(26)9-4-17/h3-12,14,16,26H,13,15H2,1-2H3,(H,30,31). The summed E-state index contributed by atoms with van der Waals surface area (Å²) in [5.74, 6) is -2.98. The molecule has 0 bridgehead atoms. The van der Waals surface area contributed by atoms with E-state index >= 15 is 0 Å². The van der Waals surface area contributed by atoms with Gasteiger partial charge in [-0.25, -0.2) is 0 Å². The lowest BCUT2D eigenvalue weighted by Gasteiger charge is -2.11. The van der Waals surface area contributed by atoms with Crippen molar-refractivity contribution in [2.75, 3.05) is 7.11 Å². The lowest BCUT2D eigenvalue weighted by atomic mass is 10.1. The summed E-state index contributed by atoms with van der Waals surface area (Å²) in [6.07, 6.45) is 5.03. The second-order valence-corrected chi connectivity index (χ2v) is 7.20. The highest BCUT2D eigenvalue weighted by atomic mass is 16.6. The van der Waals surface area contributed by atoms with Crippen LogP contribution in [0.3, 0.4) is 0 Å². The Morgan fingerprint density at radius 3 is 2.06 bits per heavy atom. The van der Waals surface area contributed by atoms with Crippen LogP contribution >= 0.6 is 0 Å². The molecule has 0 spiro atoms. The maximum atomic E-state index is 12.1. The first kappa shape index (κ1) is 25.1. The third-order valence-electron chi connectivity index (χ3n) is 4.47. The van der Waals surface area contributed by atoms with Crippen LogP contribution in [-0.2, 0) is 19.2 Å². The van der Waals surface area contributed by atoms with Gasteiger partial charge in [-0.3, -0.25) is 19.2 Å². The molecule has 0 aliphatic carbocycles. The average Bonchev–Trinajstić information content (AvgIpc) is 2.77. The van der Waals surface area contributed by atoms with Crippen molar-refractivity contribution in [2.24, 2.45) is 5.92 Å². The fourth-order valence-corrected chi connectivity index (χ4v) is 2.63. The van der Waals surface area contributed by atoms with E-state index in [0.717, 1.165) is 5.56 Å². The molecule has 1 unspecified atom stereocenters. The monoisotopic (exact) mass is 452 g/mol. The van der Waals surface area contributed by atoms with Crippen molar-refractivity contribution in [3.05, 3.63) is 65.7 Å². The summed E-state index contributed by atoms with van der Waals surface area (Å²) >= 11 is 0. The van der Waals surface area contributed by atoms with E-state index in [4.69, 9.17) is 14.6 Å². The number of hydrogen-bond donors (Lipinski definition) is 2. The van der Waals surface area contributed by atoms with E-state index in [2.05, 4.69) is 0 Å². The molecule has 0 aliphatic rings.